The molecule has 6 nitrogen and oxygen atoms in total. The summed E-state index contributed by atoms with van der Waals surface area (Å²) >= 11 is 0. The molecule has 4 aromatic carbocycles. The summed E-state index contributed by atoms with van der Waals surface area (Å²) in [6.45, 7) is 12.7. The number of aromatic nitrogens is 1. The molecule has 272 valence electrons. The minimum atomic E-state index is -3.15. The summed E-state index contributed by atoms with van der Waals surface area (Å²) in [6.07, 6.45) is 0.643. The van der Waals surface area contributed by atoms with Crippen molar-refractivity contribution in [3.63, 3.8) is 0 Å². The fraction of sp³-hybridized carbons (Fsp3) is 0.273. The van der Waals surface area contributed by atoms with Crippen molar-refractivity contribution in [3.8, 4) is 22.4 Å². The van der Waals surface area contributed by atoms with E-state index in [1.807, 2.05) is 97.9 Å². The molecule has 0 amide bonds. The Hall–Kier alpha value is -4.59. The molecule has 5 aromatic rings. The van der Waals surface area contributed by atoms with E-state index >= 15 is 0 Å². The third kappa shape index (κ3) is 8.47. The number of pyridine rings is 1. The van der Waals surface area contributed by atoms with Crippen LogP contribution in [0.3, 0.4) is 0 Å². The van der Waals surface area contributed by atoms with Gasteiger partial charge in [0.1, 0.15) is 18.5 Å². The molecule has 6 rings (SSSR count). The van der Waals surface area contributed by atoms with Gasteiger partial charge in [0.25, 0.3) is 8.32 Å². The van der Waals surface area contributed by atoms with Gasteiger partial charge in [-0.15, -0.1) is 4.52 Å². The fourth-order valence-electron chi connectivity index (χ4n) is 7.28. The molecule has 1 heterocycles. The highest BCUT2D eigenvalue weighted by Gasteiger charge is 2.52. The van der Waals surface area contributed by atoms with E-state index in [0.717, 1.165) is 62.4 Å². The number of aliphatic carboxylic acids is 1. The van der Waals surface area contributed by atoms with Crippen molar-refractivity contribution in [1.82, 2.24) is 4.98 Å². The van der Waals surface area contributed by atoms with Crippen LogP contribution < -0.4 is 10.4 Å². The van der Waals surface area contributed by atoms with Gasteiger partial charge in [0.2, 0.25) is 6.16 Å². The van der Waals surface area contributed by atoms with Gasteiger partial charge in [-0.3, -0.25) is 9.78 Å². The average molecular weight is 747 g/mol. The zero-order valence-electron chi connectivity index (χ0n) is 30.7. The Morgan fingerprint density at radius 1 is 0.906 bits per heavy atom. The van der Waals surface area contributed by atoms with Crippen molar-refractivity contribution in [2.75, 3.05) is 12.8 Å². The molecule has 0 aliphatic heterocycles. The summed E-state index contributed by atoms with van der Waals surface area (Å²) in [4.78, 5) is 17.5. The van der Waals surface area contributed by atoms with Crippen molar-refractivity contribution in [2.24, 2.45) is 0 Å². The smallest absolute Gasteiger partial charge is 0.481 e. The minimum absolute atomic E-state index is 0.0616. The number of halogens is 1. The second kappa shape index (κ2) is 16.2. The summed E-state index contributed by atoms with van der Waals surface area (Å²) in [5.74, 6) is -1.14. The lowest BCUT2D eigenvalue weighted by Crippen LogP contribution is -2.68. The van der Waals surface area contributed by atoms with Gasteiger partial charge in [-0.05, 0) is 74.1 Å². The Labute approximate surface area is 313 Å². The molecule has 1 aliphatic carbocycles. The van der Waals surface area contributed by atoms with E-state index < -0.39 is 33.5 Å². The largest absolute Gasteiger partial charge is 0.511 e. The van der Waals surface area contributed by atoms with Crippen LogP contribution in [0.25, 0.3) is 28.0 Å². The zero-order valence-corrected chi connectivity index (χ0v) is 32.6. The van der Waals surface area contributed by atoms with E-state index in [4.69, 9.17) is 13.9 Å². The van der Waals surface area contributed by atoms with Crippen molar-refractivity contribution in [3.05, 3.63) is 144 Å². The third-order valence-corrected chi connectivity index (χ3v) is 16.1. The average Bonchev–Trinajstić information content (AvgIpc) is 3.99. The van der Waals surface area contributed by atoms with E-state index in [2.05, 4.69) is 27.4 Å². The molecule has 0 saturated heterocycles. The first-order valence-corrected chi connectivity index (χ1v) is 21.3. The molecular weight excluding hydrogens is 701 g/mol. The van der Waals surface area contributed by atoms with Crippen LogP contribution in [0.1, 0.15) is 62.8 Å². The highest BCUT2D eigenvalue weighted by molar-refractivity contribution is 7.39. The SMILES string of the molecule is C=C(CO[P+](=O)CC(CC(=O)O)O[Si](c1ccccc1)(c1ccccc1)C(C)(C)C)c1c(C2CC2)nc(-c2ccccc2)c(C)c1-c1ccc(F)cc1. The fourth-order valence-corrected chi connectivity index (χ4v) is 13.0. The van der Waals surface area contributed by atoms with E-state index in [1.165, 1.54) is 12.1 Å². The number of hydrogen-bond donors (Lipinski definition) is 1. The number of carbonyl (C=O) groups is 1. The predicted molar refractivity (Wildman–Crippen MR) is 214 cm³/mol. The maximum atomic E-state index is 14.2. The van der Waals surface area contributed by atoms with Crippen molar-refractivity contribution < 1.29 is 27.8 Å². The highest BCUT2D eigenvalue weighted by atomic mass is 31.1. The summed E-state index contributed by atoms with van der Waals surface area (Å²) in [5, 5.41) is 11.6. The number of carboxylic acid groups (broad SMARTS) is 1. The zero-order chi connectivity index (χ0) is 37.8. The highest BCUT2D eigenvalue weighted by Crippen LogP contribution is 2.48. The van der Waals surface area contributed by atoms with Crippen LogP contribution >= 0.6 is 8.03 Å². The lowest BCUT2D eigenvalue weighted by Gasteiger charge is -2.44. The van der Waals surface area contributed by atoms with Crippen LogP contribution in [-0.4, -0.2) is 43.2 Å². The van der Waals surface area contributed by atoms with Gasteiger partial charge in [-0.25, -0.2) is 4.39 Å². The Balaban J connectivity index is 1.32. The molecule has 1 fully saturated rings. The second-order valence-corrected chi connectivity index (χ2v) is 20.3. The number of benzene rings is 4. The van der Waals surface area contributed by atoms with Gasteiger partial charge < -0.3 is 9.53 Å². The molecule has 1 aliphatic rings. The van der Waals surface area contributed by atoms with Gasteiger partial charge in [0, 0.05) is 17.0 Å². The van der Waals surface area contributed by atoms with Crippen LogP contribution in [0.5, 0.6) is 0 Å². The Bertz CT molecular complexity index is 2040. The summed E-state index contributed by atoms with van der Waals surface area (Å²) in [5.41, 5.74) is 6.81. The van der Waals surface area contributed by atoms with Crippen LogP contribution in [0, 0.1) is 12.7 Å². The number of nitrogens with zero attached hydrogens (tertiary/aromatic N) is 1. The van der Waals surface area contributed by atoms with Crippen LogP contribution in [0.2, 0.25) is 5.04 Å². The van der Waals surface area contributed by atoms with Gasteiger partial charge >= 0.3 is 14.0 Å². The Morgan fingerprint density at radius 2 is 1.45 bits per heavy atom. The minimum Gasteiger partial charge on any atom is -0.481 e. The Kier molecular flexibility index (Phi) is 11.7. The van der Waals surface area contributed by atoms with Crippen molar-refractivity contribution in [2.45, 2.75) is 64.0 Å². The number of hydrogen-bond acceptors (Lipinski definition) is 5. The first-order chi connectivity index (χ1) is 25.4. The van der Waals surface area contributed by atoms with E-state index in [-0.39, 0.29) is 30.9 Å². The quantitative estimate of drug-likeness (QED) is 0.0848. The molecule has 0 radical (unpaired) electrons. The van der Waals surface area contributed by atoms with Gasteiger partial charge in [-0.1, -0.05) is 130 Å². The Morgan fingerprint density at radius 3 is 1.96 bits per heavy atom. The topological polar surface area (TPSA) is 85.7 Å². The monoisotopic (exact) mass is 746 g/mol. The number of carboxylic acids is 1. The predicted octanol–water partition coefficient (Wildman–Crippen LogP) is 9.93. The van der Waals surface area contributed by atoms with Crippen molar-refractivity contribution in [1.29, 1.82) is 0 Å². The maximum absolute atomic E-state index is 14.2. The molecule has 1 saturated carbocycles. The molecular formula is C44H46FNO5PSi+. The van der Waals surface area contributed by atoms with Crippen LogP contribution in [0.4, 0.5) is 4.39 Å². The van der Waals surface area contributed by atoms with E-state index in [9.17, 15) is 18.9 Å². The van der Waals surface area contributed by atoms with Crippen LogP contribution in [-0.2, 0) is 18.3 Å². The maximum Gasteiger partial charge on any atom is 0.511 e. The summed E-state index contributed by atoms with van der Waals surface area (Å²) in [7, 11) is -5.52. The standard InChI is InChI=1S/C44H45FNO5PSi/c1-30(40-41(32-23-25-35(45)26-24-32)31(2)42(33-15-9-6-10-16-33)46-43(40)34-21-22-34)28-50-52(49)29-36(27-39(47)48)51-53(44(3,4)5,37-17-11-7-12-18-37)38-19-13-8-14-20-38/h6-20,23-26,34,36H,1,21-22,27-29H2,2-5H3/p+1. The molecule has 2 unspecified atom stereocenters. The van der Waals surface area contributed by atoms with Gasteiger partial charge in [-0.2, -0.15) is 0 Å². The summed E-state index contributed by atoms with van der Waals surface area (Å²) < 4.78 is 41.2. The van der Waals surface area contributed by atoms with E-state index in [1.54, 1.807) is 12.1 Å². The third-order valence-electron chi connectivity index (χ3n) is 9.86. The van der Waals surface area contributed by atoms with Gasteiger partial charge in [0.15, 0.2) is 0 Å². The lowest BCUT2D eigenvalue weighted by atomic mass is 9.87. The molecule has 1 aromatic heterocycles. The van der Waals surface area contributed by atoms with Crippen LogP contribution in [0.15, 0.2) is 122 Å². The lowest BCUT2D eigenvalue weighted by molar-refractivity contribution is -0.138. The second-order valence-electron chi connectivity index (χ2n) is 14.8. The van der Waals surface area contributed by atoms with Gasteiger partial charge in [0.05, 0.1) is 17.8 Å². The molecule has 1 N–H and O–H groups in total. The molecule has 0 bridgehead atoms. The van der Waals surface area contributed by atoms with Crippen molar-refractivity contribution >= 4 is 38.3 Å². The molecule has 0 spiro atoms. The first kappa shape index (κ1) is 38.1. The molecule has 9 heteroatoms. The molecule has 2 atom stereocenters. The molecule has 53 heavy (non-hydrogen) atoms. The normalized spacial score (nSPS) is 14.1. The number of rotatable bonds is 15. The van der Waals surface area contributed by atoms with E-state index in [0.29, 0.717) is 5.57 Å². The first-order valence-electron chi connectivity index (χ1n) is 18.0. The summed E-state index contributed by atoms with van der Waals surface area (Å²) in [6, 6.07) is 36.4.